The zero-order chi connectivity index (χ0) is 18.0. The molecule has 0 unspecified atom stereocenters. The number of carbonyl (C=O) groups is 1. The van der Waals surface area contributed by atoms with Crippen LogP contribution in [0.1, 0.15) is 48.6 Å². The van der Waals surface area contributed by atoms with Gasteiger partial charge in [0.05, 0.1) is 23.0 Å². The Morgan fingerprint density at radius 3 is 2.72 bits per heavy atom. The van der Waals surface area contributed by atoms with Crippen LogP contribution in [0.2, 0.25) is 0 Å². The van der Waals surface area contributed by atoms with Crippen molar-refractivity contribution in [1.29, 1.82) is 0 Å². The quantitative estimate of drug-likeness (QED) is 0.766. The van der Waals surface area contributed by atoms with Crippen LogP contribution in [-0.2, 0) is 0 Å². The molecule has 0 fully saturated rings. The summed E-state index contributed by atoms with van der Waals surface area (Å²) in [5.41, 5.74) is 1.99. The van der Waals surface area contributed by atoms with Gasteiger partial charge in [0.2, 0.25) is 0 Å². The van der Waals surface area contributed by atoms with Crippen LogP contribution in [0.25, 0.3) is 17.3 Å². The zero-order valence-electron chi connectivity index (χ0n) is 14.6. The van der Waals surface area contributed by atoms with Crippen LogP contribution in [0.5, 0.6) is 0 Å². The molecule has 0 atom stereocenters. The van der Waals surface area contributed by atoms with E-state index in [9.17, 15) is 4.79 Å². The fraction of sp³-hybridized carbons (Fsp3) is 0.353. The summed E-state index contributed by atoms with van der Waals surface area (Å²) in [6.45, 7) is 8.28. The molecule has 8 heteroatoms. The third kappa shape index (κ3) is 3.28. The van der Waals surface area contributed by atoms with Gasteiger partial charge in [-0.2, -0.15) is 10.1 Å². The molecule has 3 heterocycles. The molecule has 1 amide bonds. The van der Waals surface area contributed by atoms with E-state index in [2.05, 4.69) is 25.5 Å². The normalized spacial score (nSPS) is 11.1. The zero-order valence-corrected chi connectivity index (χ0v) is 14.6. The highest BCUT2D eigenvalue weighted by molar-refractivity contribution is 5.95. The molecule has 3 rings (SSSR count). The smallest absolute Gasteiger partial charge is 0.259 e. The molecule has 3 aromatic rings. The van der Waals surface area contributed by atoms with E-state index in [1.807, 2.05) is 33.8 Å². The third-order valence-electron chi connectivity index (χ3n) is 3.76. The van der Waals surface area contributed by atoms with Crippen LogP contribution >= 0.6 is 0 Å². The van der Waals surface area contributed by atoms with Crippen molar-refractivity contribution in [1.82, 2.24) is 30.2 Å². The molecule has 0 aromatic carbocycles. The molecular weight excluding hydrogens is 320 g/mol. The molecule has 0 aliphatic heterocycles. The Hall–Kier alpha value is -3.03. The molecular formula is C17H20N6O2. The average Bonchev–Trinajstić information content (AvgIpc) is 3.22. The Morgan fingerprint density at radius 2 is 2.12 bits per heavy atom. The van der Waals surface area contributed by atoms with E-state index in [0.717, 1.165) is 11.3 Å². The summed E-state index contributed by atoms with van der Waals surface area (Å²) in [5, 5.41) is 11.0. The molecule has 0 saturated carbocycles. The van der Waals surface area contributed by atoms with Gasteiger partial charge in [-0.1, -0.05) is 19.0 Å². The first-order chi connectivity index (χ1) is 12.0. The Morgan fingerprint density at radius 1 is 1.32 bits per heavy atom. The van der Waals surface area contributed by atoms with Gasteiger partial charge >= 0.3 is 0 Å². The Labute approximate surface area is 145 Å². The minimum Gasteiger partial charge on any atom is -0.352 e. The van der Waals surface area contributed by atoms with Crippen molar-refractivity contribution in [2.24, 2.45) is 0 Å². The number of hydrogen-bond donors (Lipinski definition) is 1. The molecule has 130 valence electrons. The van der Waals surface area contributed by atoms with Crippen LogP contribution in [0.3, 0.4) is 0 Å². The first-order valence-electron chi connectivity index (χ1n) is 8.14. The average molecular weight is 340 g/mol. The maximum absolute atomic E-state index is 12.0. The SMILES string of the molecule is CCNC(=O)c1cnn(-c2ccc(-c3nc(C(C)C)no3)cn2)c1C. The van der Waals surface area contributed by atoms with Crippen molar-refractivity contribution >= 4 is 5.91 Å². The summed E-state index contributed by atoms with van der Waals surface area (Å²) in [5.74, 6) is 1.76. The predicted molar refractivity (Wildman–Crippen MR) is 91.5 cm³/mol. The number of hydrogen-bond acceptors (Lipinski definition) is 6. The second kappa shape index (κ2) is 6.84. The van der Waals surface area contributed by atoms with Gasteiger partial charge in [-0.05, 0) is 26.0 Å². The lowest BCUT2D eigenvalue weighted by Gasteiger charge is -2.05. The van der Waals surface area contributed by atoms with Crippen molar-refractivity contribution in [2.45, 2.75) is 33.6 Å². The number of aromatic nitrogens is 5. The summed E-state index contributed by atoms with van der Waals surface area (Å²) in [7, 11) is 0. The van der Waals surface area contributed by atoms with E-state index in [1.54, 1.807) is 23.1 Å². The van der Waals surface area contributed by atoms with Gasteiger partial charge in [-0.15, -0.1) is 0 Å². The number of nitrogens with zero attached hydrogens (tertiary/aromatic N) is 5. The lowest BCUT2D eigenvalue weighted by molar-refractivity contribution is 0.0955. The molecule has 8 nitrogen and oxygen atoms in total. The van der Waals surface area contributed by atoms with E-state index in [4.69, 9.17) is 4.52 Å². The van der Waals surface area contributed by atoms with Crippen LogP contribution in [0, 0.1) is 6.92 Å². The van der Waals surface area contributed by atoms with Gasteiger partial charge in [0.15, 0.2) is 11.6 Å². The van der Waals surface area contributed by atoms with Crippen LogP contribution < -0.4 is 5.32 Å². The van der Waals surface area contributed by atoms with Gasteiger partial charge in [0.1, 0.15) is 0 Å². The fourth-order valence-corrected chi connectivity index (χ4v) is 2.34. The molecule has 0 aliphatic carbocycles. The molecule has 1 N–H and O–H groups in total. The van der Waals surface area contributed by atoms with E-state index in [1.165, 1.54) is 0 Å². The standard InChI is InChI=1S/C17H20N6O2/c1-5-18-16(24)13-9-20-23(11(13)4)14-7-6-12(8-19-14)17-21-15(10(2)3)22-25-17/h6-10H,5H2,1-4H3,(H,18,24). The van der Waals surface area contributed by atoms with E-state index in [-0.39, 0.29) is 11.8 Å². The maximum atomic E-state index is 12.0. The number of amides is 1. The van der Waals surface area contributed by atoms with Crippen LogP contribution in [0.15, 0.2) is 29.0 Å². The summed E-state index contributed by atoms with van der Waals surface area (Å²) in [6, 6.07) is 3.64. The van der Waals surface area contributed by atoms with Gasteiger partial charge in [-0.25, -0.2) is 9.67 Å². The minimum atomic E-state index is -0.144. The highest BCUT2D eigenvalue weighted by Crippen LogP contribution is 2.20. The largest absolute Gasteiger partial charge is 0.352 e. The monoisotopic (exact) mass is 340 g/mol. The van der Waals surface area contributed by atoms with Gasteiger partial charge in [-0.3, -0.25) is 4.79 Å². The molecule has 0 saturated heterocycles. The number of rotatable bonds is 5. The number of nitrogens with one attached hydrogen (secondary N) is 1. The number of carbonyl (C=O) groups excluding carboxylic acids is 1. The molecule has 3 aromatic heterocycles. The number of pyridine rings is 1. The minimum absolute atomic E-state index is 0.144. The molecule has 25 heavy (non-hydrogen) atoms. The topological polar surface area (TPSA) is 98.7 Å². The van der Waals surface area contributed by atoms with Crippen molar-refractivity contribution in [3.05, 3.63) is 41.6 Å². The summed E-state index contributed by atoms with van der Waals surface area (Å²) < 4.78 is 6.89. The second-order valence-electron chi connectivity index (χ2n) is 5.93. The van der Waals surface area contributed by atoms with E-state index >= 15 is 0 Å². The van der Waals surface area contributed by atoms with Crippen LogP contribution in [0.4, 0.5) is 0 Å². The van der Waals surface area contributed by atoms with E-state index < -0.39 is 0 Å². The summed E-state index contributed by atoms with van der Waals surface area (Å²) >= 11 is 0. The van der Waals surface area contributed by atoms with Crippen molar-refractivity contribution < 1.29 is 9.32 Å². The highest BCUT2D eigenvalue weighted by atomic mass is 16.5. The van der Waals surface area contributed by atoms with Crippen LogP contribution in [-0.4, -0.2) is 37.4 Å². The third-order valence-corrected chi connectivity index (χ3v) is 3.76. The Bertz CT molecular complexity index is 879. The molecule has 0 spiro atoms. The predicted octanol–water partition coefficient (Wildman–Crippen LogP) is 2.50. The molecule has 0 radical (unpaired) electrons. The Kier molecular flexibility index (Phi) is 4.60. The summed E-state index contributed by atoms with van der Waals surface area (Å²) in [4.78, 5) is 20.7. The van der Waals surface area contributed by atoms with Gasteiger partial charge in [0, 0.05) is 18.7 Å². The van der Waals surface area contributed by atoms with Gasteiger partial charge in [0.25, 0.3) is 11.8 Å². The first-order valence-corrected chi connectivity index (χ1v) is 8.14. The van der Waals surface area contributed by atoms with Gasteiger partial charge < -0.3 is 9.84 Å². The highest BCUT2D eigenvalue weighted by Gasteiger charge is 2.16. The first kappa shape index (κ1) is 16.8. The Balaban J connectivity index is 1.86. The lowest BCUT2D eigenvalue weighted by Crippen LogP contribution is -2.23. The fourth-order valence-electron chi connectivity index (χ4n) is 2.34. The molecule has 0 aliphatic rings. The molecule has 0 bridgehead atoms. The lowest BCUT2D eigenvalue weighted by atomic mass is 10.2. The summed E-state index contributed by atoms with van der Waals surface area (Å²) in [6.07, 6.45) is 3.20. The van der Waals surface area contributed by atoms with E-state index in [0.29, 0.717) is 29.6 Å². The maximum Gasteiger partial charge on any atom is 0.259 e. The van der Waals surface area contributed by atoms with Crippen molar-refractivity contribution in [3.8, 4) is 17.3 Å². The second-order valence-corrected chi connectivity index (χ2v) is 5.93. The van der Waals surface area contributed by atoms with Crippen molar-refractivity contribution in [3.63, 3.8) is 0 Å². The van der Waals surface area contributed by atoms with Crippen molar-refractivity contribution in [2.75, 3.05) is 6.54 Å².